The zero-order chi connectivity index (χ0) is 15.7. The zero-order valence-corrected chi connectivity index (χ0v) is 13.3. The van der Waals surface area contributed by atoms with Crippen molar-refractivity contribution in [1.82, 2.24) is 15.5 Å². The molecule has 2 rings (SSSR count). The van der Waals surface area contributed by atoms with E-state index in [1.165, 1.54) is 0 Å². The largest absolute Gasteiger partial charge is 0.394 e. The Morgan fingerprint density at radius 3 is 2.52 bits per heavy atom. The number of nitrogens with one attached hydrogen (secondary N) is 1. The number of nitrogens with zero attached hydrogens (tertiary/aromatic N) is 2. The van der Waals surface area contributed by atoms with Crippen LogP contribution in [0.25, 0.3) is 0 Å². The van der Waals surface area contributed by atoms with Gasteiger partial charge in [-0.1, -0.05) is 25.9 Å². The highest BCUT2D eigenvalue weighted by atomic mass is 16.5. The van der Waals surface area contributed by atoms with Gasteiger partial charge in [0.05, 0.1) is 12.1 Å². The first-order chi connectivity index (χ1) is 9.74. The minimum atomic E-state index is -0.498. The van der Waals surface area contributed by atoms with Crippen LogP contribution in [0.5, 0.6) is 0 Å². The second-order valence-electron chi connectivity index (χ2n) is 7.16. The number of amides is 1. The second kappa shape index (κ2) is 5.75. The molecular weight excluding hydrogens is 270 g/mol. The third kappa shape index (κ3) is 4.03. The van der Waals surface area contributed by atoms with Gasteiger partial charge in [0.15, 0.2) is 5.82 Å². The number of carbonyl (C=O) groups excluding carboxylic acids is 1. The lowest BCUT2D eigenvalue weighted by Crippen LogP contribution is -2.50. The Hall–Kier alpha value is -1.43. The van der Waals surface area contributed by atoms with Gasteiger partial charge in [-0.25, -0.2) is 0 Å². The van der Waals surface area contributed by atoms with Gasteiger partial charge in [0, 0.05) is 18.3 Å². The molecule has 1 heterocycles. The quantitative estimate of drug-likeness (QED) is 0.832. The lowest BCUT2D eigenvalue weighted by atomic mass is 9.96. The highest BCUT2D eigenvalue weighted by Crippen LogP contribution is 2.39. The topological polar surface area (TPSA) is 88.2 Å². The maximum atomic E-state index is 12.0. The van der Waals surface area contributed by atoms with E-state index in [2.05, 4.69) is 15.5 Å². The average molecular weight is 295 g/mol. The molecule has 118 valence electrons. The first-order valence-corrected chi connectivity index (χ1v) is 7.49. The van der Waals surface area contributed by atoms with Crippen LogP contribution in [0.3, 0.4) is 0 Å². The van der Waals surface area contributed by atoms with E-state index in [1.54, 1.807) is 0 Å². The van der Waals surface area contributed by atoms with Crippen molar-refractivity contribution in [2.24, 2.45) is 5.92 Å². The van der Waals surface area contributed by atoms with Crippen molar-refractivity contribution in [2.75, 3.05) is 6.61 Å². The number of hydrogen-bond donors (Lipinski definition) is 2. The molecular formula is C15H25N3O3. The van der Waals surface area contributed by atoms with E-state index in [1.807, 2.05) is 27.7 Å². The Morgan fingerprint density at radius 2 is 2.05 bits per heavy atom. The maximum absolute atomic E-state index is 12.0. The van der Waals surface area contributed by atoms with E-state index in [0.29, 0.717) is 24.1 Å². The summed E-state index contributed by atoms with van der Waals surface area (Å²) in [6, 6.07) is 0. The third-order valence-corrected chi connectivity index (χ3v) is 3.94. The van der Waals surface area contributed by atoms with Crippen LogP contribution in [0.2, 0.25) is 0 Å². The van der Waals surface area contributed by atoms with Crippen molar-refractivity contribution >= 4 is 5.91 Å². The van der Waals surface area contributed by atoms with Crippen LogP contribution in [-0.4, -0.2) is 33.3 Å². The summed E-state index contributed by atoms with van der Waals surface area (Å²) in [7, 11) is 0. The molecule has 0 aliphatic heterocycles. The van der Waals surface area contributed by atoms with Crippen LogP contribution in [0.15, 0.2) is 4.52 Å². The van der Waals surface area contributed by atoms with E-state index < -0.39 is 5.54 Å². The molecule has 0 saturated heterocycles. The van der Waals surface area contributed by atoms with E-state index in [0.717, 1.165) is 12.8 Å². The van der Waals surface area contributed by atoms with E-state index >= 15 is 0 Å². The average Bonchev–Trinajstić information content (AvgIpc) is 3.14. The molecule has 1 unspecified atom stereocenters. The number of hydrogen-bond acceptors (Lipinski definition) is 5. The highest BCUT2D eigenvalue weighted by molar-refractivity contribution is 5.77. The van der Waals surface area contributed by atoms with Crippen molar-refractivity contribution in [3.8, 4) is 0 Å². The van der Waals surface area contributed by atoms with Crippen LogP contribution in [0.4, 0.5) is 0 Å². The predicted octanol–water partition coefficient (Wildman–Crippen LogP) is 1.58. The van der Waals surface area contributed by atoms with Gasteiger partial charge in [0.2, 0.25) is 11.8 Å². The molecule has 1 fully saturated rings. The zero-order valence-electron chi connectivity index (χ0n) is 13.3. The van der Waals surface area contributed by atoms with Crippen molar-refractivity contribution in [3.05, 3.63) is 11.7 Å². The van der Waals surface area contributed by atoms with Gasteiger partial charge in [-0.05, 0) is 25.7 Å². The number of aromatic nitrogens is 2. The molecule has 0 radical (unpaired) electrons. The Morgan fingerprint density at radius 1 is 1.38 bits per heavy atom. The van der Waals surface area contributed by atoms with Crippen LogP contribution < -0.4 is 5.32 Å². The Balaban J connectivity index is 1.85. The molecule has 0 aromatic carbocycles. The molecule has 21 heavy (non-hydrogen) atoms. The molecule has 6 heteroatoms. The fourth-order valence-electron chi connectivity index (χ4n) is 2.25. The third-order valence-electron chi connectivity index (χ3n) is 3.94. The number of aryl methyl sites for hydroxylation is 1. The Kier molecular flexibility index (Phi) is 4.37. The van der Waals surface area contributed by atoms with Crippen molar-refractivity contribution in [3.63, 3.8) is 0 Å². The van der Waals surface area contributed by atoms with Crippen LogP contribution in [-0.2, 0) is 16.6 Å². The molecule has 2 N–H and O–H groups in total. The van der Waals surface area contributed by atoms with Gasteiger partial charge < -0.3 is 14.9 Å². The Bertz CT molecular complexity index is 503. The number of rotatable bonds is 6. The summed E-state index contributed by atoms with van der Waals surface area (Å²) in [6.45, 7) is 7.90. The SMILES string of the molecule is CC(C)(C)c1noc(CCC(=O)NC(C)(CO)C2CC2)n1. The van der Waals surface area contributed by atoms with Gasteiger partial charge in [0.1, 0.15) is 0 Å². The maximum Gasteiger partial charge on any atom is 0.227 e. The summed E-state index contributed by atoms with van der Waals surface area (Å²) in [5.41, 5.74) is -0.659. The normalized spacial score (nSPS) is 18.3. The first kappa shape index (κ1) is 15.9. The van der Waals surface area contributed by atoms with Gasteiger partial charge in [0.25, 0.3) is 0 Å². The number of aliphatic hydroxyl groups is 1. The van der Waals surface area contributed by atoms with E-state index in [4.69, 9.17) is 4.52 Å². The minimum Gasteiger partial charge on any atom is -0.394 e. The van der Waals surface area contributed by atoms with Crippen LogP contribution >= 0.6 is 0 Å². The molecule has 1 amide bonds. The summed E-state index contributed by atoms with van der Waals surface area (Å²) >= 11 is 0. The van der Waals surface area contributed by atoms with E-state index in [-0.39, 0.29) is 24.3 Å². The van der Waals surface area contributed by atoms with Gasteiger partial charge in [-0.3, -0.25) is 4.79 Å². The number of carbonyl (C=O) groups is 1. The second-order valence-corrected chi connectivity index (χ2v) is 7.16. The van der Waals surface area contributed by atoms with Crippen molar-refractivity contribution in [2.45, 2.75) is 64.3 Å². The van der Waals surface area contributed by atoms with Crippen molar-refractivity contribution < 1.29 is 14.4 Å². The molecule has 1 aromatic rings. The smallest absolute Gasteiger partial charge is 0.227 e. The molecule has 0 spiro atoms. The fraction of sp³-hybridized carbons (Fsp3) is 0.800. The molecule has 6 nitrogen and oxygen atoms in total. The first-order valence-electron chi connectivity index (χ1n) is 7.49. The number of aliphatic hydroxyl groups excluding tert-OH is 1. The highest BCUT2D eigenvalue weighted by Gasteiger charge is 2.42. The monoisotopic (exact) mass is 295 g/mol. The fourth-order valence-corrected chi connectivity index (χ4v) is 2.25. The molecule has 1 aromatic heterocycles. The van der Waals surface area contributed by atoms with E-state index in [9.17, 15) is 9.90 Å². The molecule has 1 saturated carbocycles. The summed E-state index contributed by atoms with van der Waals surface area (Å²) in [4.78, 5) is 16.3. The Labute approximate surface area is 125 Å². The molecule has 1 atom stereocenters. The van der Waals surface area contributed by atoms with Crippen LogP contribution in [0.1, 0.15) is 58.7 Å². The predicted molar refractivity (Wildman–Crippen MR) is 77.7 cm³/mol. The lowest BCUT2D eigenvalue weighted by Gasteiger charge is -2.28. The molecule has 0 bridgehead atoms. The lowest BCUT2D eigenvalue weighted by molar-refractivity contribution is -0.123. The van der Waals surface area contributed by atoms with Gasteiger partial charge in [-0.2, -0.15) is 4.98 Å². The standard InChI is InChI=1S/C15H25N3O3/c1-14(2,3)13-16-12(21-18-13)8-7-11(20)17-15(4,9-19)10-5-6-10/h10,19H,5-9H2,1-4H3,(H,17,20). The summed E-state index contributed by atoms with van der Waals surface area (Å²) in [6.07, 6.45) is 2.83. The van der Waals surface area contributed by atoms with Gasteiger partial charge in [-0.15, -0.1) is 0 Å². The minimum absolute atomic E-state index is 0.0296. The van der Waals surface area contributed by atoms with Crippen molar-refractivity contribution in [1.29, 1.82) is 0 Å². The summed E-state index contributed by atoms with van der Waals surface area (Å²) in [5, 5.41) is 16.3. The summed E-state index contributed by atoms with van der Waals surface area (Å²) in [5.74, 6) is 1.43. The van der Waals surface area contributed by atoms with Gasteiger partial charge >= 0.3 is 0 Å². The molecule has 1 aliphatic carbocycles. The van der Waals surface area contributed by atoms with Crippen LogP contribution in [0, 0.1) is 5.92 Å². The molecule has 1 aliphatic rings. The summed E-state index contributed by atoms with van der Waals surface area (Å²) < 4.78 is 5.17.